The van der Waals surface area contributed by atoms with Crippen molar-refractivity contribution in [2.24, 2.45) is 0 Å². The van der Waals surface area contributed by atoms with Gasteiger partial charge < -0.3 is 5.32 Å². The van der Waals surface area contributed by atoms with E-state index in [2.05, 4.69) is 19.2 Å². The van der Waals surface area contributed by atoms with E-state index in [-0.39, 0.29) is 0 Å². The van der Waals surface area contributed by atoms with Crippen LogP contribution in [0.5, 0.6) is 0 Å². The lowest BCUT2D eigenvalue weighted by Crippen LogP contribution is -2.48. The Labute approximate surface area is 64.2 Å². The lowest BCUT2D eigenvalue weighted by atomic mass is 9.78. The van der Waals surface area contributed by atoms with Gasteiger partial charge in [0.05, 0.1) is 0 Å². The summed E-state index contributed by atoms with van der Waals surface area (Å²) in [5, 5.41) is 3.60. The van der Waals surface area contributed by atoms with Gasteiger partial charge in [-0.25, -0.2) is 0 Å². The predicted molar refractivity (Wildman–Crippen MR) is 45.2 cm³/mol. The smallest absolute Gasteiger partial charge is 0.0153 e. The highest BCUT2D eigenvalue weighted by Gasteiger charge is 2.30. The van der Waals surface area contributed by atoms with Gasteiger partial charge in [0.15, 0.2) is 0 Å². The van der Waals surface area contributed by atoms with Gasteiger partial charge in [0.2, 0.25) is 0 Å². The van der Waals surface area contributed by atoms with Gasteiger partial charge in [-0.1, -0.05) is 13.3 Å². The van der Waals surface area contributed by atoms with E-state index >= 15 is 0 Å². The average molecular weight is 141 g/mol. The molecule has 1 aliphatic rings. The summed E-state index contributed by atoms with van der Waals surface area (Å²) in [5.74, 6) is 0. The molecule has 0 aromatic rings. The van der Waals surface area contributed by atoms with E-state index in [0.29, 0.717) is 5.54 Å². The van der Waals surface area contributed by atoms with Crippen LogP contribution in [0.2, 0.25) is 0 Å². The summed E-state index contributed by atoms with van der Waals surface area (Å²) in [7, 11) is 0. The number of rotatable bonds is 4. The van der Waals surface area contributed by atoms with E-state index in [1.165, 1.54) is 38.6 Å². The zero-order valence-corrected chi connectivity index (χ0v) is 7.24. The highest BCUT2D eigenvalue weighted by molar-refractivity contribution is 4.90. The first-order valence-corrected chi connectivity index (χ1v) is 4.52. The molecule has 10 heavy (non-hydrogen) atoms. The fourth-order valence-electron chi connectivity index (χ4n) is 1.45. The van der Waals surface area contributed by atoms with E-state index in [9.17, 15) is 0 Å². The van der Waals surface area contributed by atoms with Crippen LogP contribution in [0.4, 0.5) is 0 Å². The van der Waals surface area contributed by atoms with Crippen molar-refractivity contribution in [3.05, 3.63) is 0 Å². The van der Waals surface area contributed by atoms with Crippen LogP contribution in [0, 0.1) is 0 Å². The van der Waals surface area contributed by atoms with Crippen LogP contribution in [0.15, 0.2) is 0 Å². The molecule has 0 aromatic heterocycles. The minimum atomic E-state index is 0.523. The van der Waals surface area contributed by atoms with Crippen molar-refractivity contribution < 1.29 is 0 Å². The van der Waals surface area contributed by atoms with Gasteiger partial charge in [-0.15, -0.1) is 0 Å². The van der Waals surface area contributed by atoms with Crippen LogP contribution in [0.1, 0.15) is 46.0 Å². The van der Waals surface area contributed by atoms with Crippen LogP contribution in [0.25, 0.3) is 0 Å². The van der Waals surface area contributed by atoms with Crippen molar-refractivity contribution >= 4 is 0 Å². The monoisotopic (exact) mass is 141 g/mol. The van der Waals surface area contributed by atoms with Crippen LogP contribution in [-0.2, 0) is 0 Å². The maximum Gasteiger partial charge on any atom is 0.0153 e. The van der Waals surface area contributed by atoms with Crippen molar-refractivity contribution in [2.75, 3.05) is 6.54 Å². The van der Waals surface area contributed by atoms with E-state index in [1.54, 1.807) is 0 Å². The minimum absolute atomic E-state index is 0.523. The Morgan fingerprint density at radius 2 is 2.10 bits per heavy atom. The second-order valence-electron chi connectivity index (χ2n) is 3.69. The largest absolute Gasteiger partial charge is 0.312 e. The Balaban J connectivity index is 2.01. The Morgan fingerprint density at radius 3 is 2.50 bits per heavy atom. The molecule has 0 saturated heterocycles. The van der Waals surface area contributed by atoms with E-state index in [4.69, 9.17) is 0 Å². The van der Waals surface area contributed by atoms with E-state index in [1.807, 2.05) is 0 Å². The molecule has 1 saturated carbocycles. The van der Waals surface area contributed by atoms with Gasteiger partial charge in [-0.2, -0.15) is 0 Å². The summed E-state index contributed by atoms with van der Waals surface area (Å²) in [6, 6.07) is 0. The molecule has 0 atom stereocenters. The standard InChI is InChI=1S/C9H19N/c1-3-4-8-10-9(2)6-5-7-9/h10H,3-8H2,1-2H3. The van der Waals surface area contributed by atoms with Crippen molar-refractivity contribution in [3.8, 4) is 0 Å². The topological polar surface area (TPSA) is 12.0 Å². The van der Waals surface area contributed by atoms with Crippen LogP contribution in [0.3, 0.4) is 0 Å². The lowest BCUT2D eigenvalue weighted by Gasteiger charge is -2.39. The predicted octanol–water partition coefficient (Wildman–Crippen LogP) is 2.32. The molecule has 0 unspecified atom stereocenters. The van der Waals surface area contributed by atoms with Gasteiger partial charge in [-0.05, 0) is 39.2 Å². The molecule has 0 heterocycles. The number of nitrogens with one attached hydrogen (secondary N) is 1. The van der Waals surface area contributed by atoms with Crippen molar-refractivity contribution in [2.45, 2.75) is 51.5 Å². The van der Waals surface area contributed by atoms with E-state index in [0.717, 1.165) is 0 Å². The maximum atomic E-state index is 3.60. The first-order chi connectivity index (χ1) is 4.77. The molecule has 0 radical (unpaired) electrons. The summed E-state index contributed by atoms with van der Waals surface area (Å²) >= 11 is 0. The Hall–Kier alpha value is -0.0400. The molecule has 1 aliphatic carbocycles. The SMILES string of the molecule is CCCCNC1(C)CCC1. The molecule has 0 amide bonds. The number of unbranched alkanes of at least 4 members (excludes halogenated alkanes) is 1. The molecule has 1 heteroatoms. The second kappa shape index (κ2) is 3.38. The maximum absolute atomic E-state index is 3.60. The van der Waals surface area contributed by atoms with Crippen molar-refractivity contribution in [1.82, 2.24) is 5.32 Å². The third-order valence-corrected chi connectivity index (χ3v) is 2.54. The molecule has 1 fully saturated rings. The molecule has 0 bridgehead atoms. The average Bonchev–Trinajstić information content (AvgIpc) is 1.85. The van der Waals surface area contributed by atoms with E-state index < -0.39 is 0 Å². The summed E-state index contributed by atoms with van der Waals surface area (Å²) in [4.78, 5) is 0. The summed E-state index contributed by atoms with van der Waals surface area (Å²) in [6.07, 6.45) is 6.84. The molecule has 0 aromatic carbocycles. The molecular weight excluding hydrogens is 122 g/mol. The second-order valence-corrected chi connectivity index (χ2v) is 3.69. The lowest BCUT2D eigenvalue weighted by molar-refractivity contribution is 0.209. The Morgan fingerprint density at radius 1 is 1.40 bits per heavy atom. The number of hydrogen-bond acceptors (Lipinski definition) is 1. The highest BCUT2D eigenvalue weighted by atomic mass is 15.0. The fourth-order valence-corrected chi connectivity index (χ4v) is 1.45. The van der Waals surface area contributed by atoms with Gasteiger partial charge in [0.25, 0.3) is 0 Å². The zero-order valence-electron chi connectivity index (χ0n) is 7.24. The fraction of sp³-hybridized carbons (Fsp3) is 1.00. The summed E-state index contributed by atoms with van der Waals surface area (Å²) in [6.45, 7) is 5.80. The quantitative estimate of drug-likeness (QED) is 0.592. The first-order valence-electron chi connectivity index (χ1n) is 4.52. The minimum Gasteiger partial charge on any atom is -0.312 e. The molecule has 1 nitrogen and oxygen atoms in total. The third kappa shape index (κ3) is 1.98. The van der Waals surface area contributed by atoms with Crippen LogP contribution < -0.4 is 5.32 Å². The molecule has 1 rings (SSSR count). The molecule has 0 aliphatic heterocycles. The third-order valence-electron chi connectivity index (χ3n) is 2.54. The molecule has 60 valence electrons. The highest BCUT2D eigenvalue weighted by Crippen LogP contribution is 2.30. The van der Waals surface area contributed by atoms with Crippen LogP contribution >= 0.6 is 0 Å². The summed E-state index contributed by atoms with van der Waals surface area (Å²) in [5.41, 5.74) is 0.523. The molecular formula is C9H19N. The Kier molecular flexibility index (Phi) is 2.72. The van der Waals surface area contributed by atoms with Gasteiger partial charge in [0.1, 0.15) is 0 Å². The first kappa shape index (κ1) is 8.06. The van der Waals surface area contributed by atoms with Crippen LogP contribution in [-0.4, -0.2) is 12.1 Å². The molecule has 1 N–H and O–H groups in total. The number of hydrogen-bond donors (Lipinski definition) is 1. The van der Waals surface area contributed by atoms with Crippen molar-refractivity contribution in [1.29, 1.82) is 0 Å². The normalized spacial score (nSPS) is 22.2. The van der Waals surface area contributed by atoms with Gasteiger partial charge >= 0.3 is 0 Å². The van der Waals surface area contributed by atoms with Gasteiger partial charge in [-0.3, -0.25) is 0 Å². The summed E-state index contributed by atoms with van der Waals surface area (Å²) < 4.78 is 0. The zero-order chi connectivity index (χ0) is 7.45. The van der Waals surface area contributed by atoms with Gasteiger partial charge in [0, 0.05) is 5.54 Å². The molecule has 0 spiro atoms. The van der Waals surface area contributed by atoms with Crippen molar-refractivity contribution in [3.63, 3.8) is 0 Å². The Bertz CT molecular complexity index is 94.9.